The van der Waals surface area contributed by atoms with Gasteiger partial charge < -0.3 is 10.4 Å². The molecule has 1 heterocycles. The number of carbonyl (C=O) groups is 1. The summed E-state index contributed by atoms with van der Waals surface area (Å²) < 4.78 is 1.74. The summed E-state index contributed by atoms with van der Waals surface area (Å²) in [6.07, 6.45) is -0.232. The largest absolute Gasteiger partial charge is 0.387 e. The number of Topliss-reactive ketones (excluding diaryl/α,β-unsaturated/α-hetero) is 1. The van der Waals surface area contributed by atoms with Crippen molar-refractivity contribution in [1.82, 2.24) is 15.1 Å². The Morgan fingerprint density at radius 1 is 1.22 bits per heavy atom. The number of ketones is 1. The number of aromatic nitrogens is 2. The fraction of sp³-hybridized carbons (Fsp3) is 0.545. The van der Waals surface area contributed by atoms with Crippen LogP contribution in [0, 0.1) is 13.8 Å². The van der Waals surface area contributed by atoms with Gasteiger partial charge in [-0.05, 0) is 37.3 Å². The number of nitrogens with zero attached hydrogens (tertiary/aromatic N) is 2. The van der Waals surface area contributed by atoms with Crippen LogP contribution in [0.1, 0.15) is 73.1 Å². The van der Waals surface area contributed by atoms with Gasteiger partial charge in [0, 0.05) is 31.7 Å². The first-order chi connectivity index (χ1) is 12.5. The fourth-order valence-electron chi connectivity index (χ4n) is 3.30. The number of aliphatic hydroxyl groups excluding tert-OH is 1. The van der Waals surface area contributed by atoms with Crippen LogP contribution in [0.5, 0.6) is 0 Å². The first-order valence-corrected chi connectivity index (χ1v) is 9.57. The van der Waals surface area contributed by atoms with Gasteiger partial charge >= 0.3 is 0 Å². The molecule has 0 saturated heterocycles. The van der Waals surface area contributed by atoms with E-state index < -0.39 is 6.10 Å². The molecule has 0 aliphatic carbocycles. The number of rotatable bonds is 7. The van der Waals surface area contributed by atoms with E-state index in [0.29, 0.717) is 18.5 Å². The van der Waals surface area contributed by atoms with E-state index in [1.54, 1.807) is 4.68 Å². The number of aliphatic hydroxyl groups is 1. The van der Waals surface area contributed by atoms with Crippen molar-refractivity contribution in [2.75, 3.05) is 6.54 Å². The minimum Gasteiger partial charge on any atom is -0.387 e. The molecule has 0 spiro atoms. The zero-order valence-corrected chi connectivity index (χ0v) is 17.6. The second kappa shape index (κ2) is 8.36. The summed E-state index contributed by atoms with van der Waals surface area (Å²) in [4.78, 5) is 12.5. The predicted octanol–water partition coefficient (Wildman–Crippen LogP) is 3.62. The van der Waals surface area contributed by atoms with Crippen LogP contribution in [0.4, 0.5) is 0 Å². The minimum absolute atomic E-state index is 0.0850. The van der Waals surface area contributed by atoms with Crippen LogP contribution >= 0.6 is 0 Å². The van der Waals surface area contributed by atoms with E-state index in [4.69, 9.17) is 0 Å². The van der Waals surface area contributed by atoms with Crippen molar-refractivity contribution in [3.63, 3.8) is 0 Å². The normalized spacial score (nSPS) is 14.2. The van der Waals surface area contributed by atoms with E-state index >= 15 is 0 Å². The number of aryl methyl sites for hydroxylation is 2. The summed E-state index contributed by atoms with van der Waals surface area (Å²) in [7, 11) is 1.85. The van der Waals surface area contributed by atoms with Crippen molar-refractivity contribution in [2.45, 2.75) is 65.5 Å². The number of hydrogen-bond donors (Lipinski definition) is 2. The lowest BCUT2D eigenvalue weighted by Crippen LogP contribution is -2.33. The lowest BCUT2D eigenvalue weighted by molar-refractivity contribution is 0.0971. The number of hydrogen-bond acceptors (Lipinski definition) is 4. The molecule has 148 valence electrons. The van der Waals surface area contributed by atoms with Gasteiger partial charge in [0.25, 0.3) is 0 Å². The molecule has 2 N–H and O–H groups in total. The van der Waals surface area contributed by atoms with Gasteiger partial charge in [-0.1, -0.05) is 45.0 Å². The summed E-state index contributed by atoms with van der Waals surface area (Å²) in [5.41, 5.74) is 4.60. The summed E-state index contributed by atoms with van der Waals surface area (Å²) in [6, 6.07) is 7.97. The SMILES string of the molecule is Cc1nn(C)c(C)c1C(=O)CCNC(C)C(O)c1ccc(C(C)(C)C)cc1. The van der Waals surface area contributed by atoms with Crippen LogP contribution in [-0.4, -0.2) is 33.3 Å². The van der Waals surface area contributed by atoms with Crippen molar-refractivity contribution < 1.29 is 9.90 Å². The Labute approximate surface area is 162 Å². The molecule has 0 radical (unpaired) electrons. The highest BCUT2D eigenvalue weighted by atomic mass is 16.3. The molecule has 2 unspecified atom stereocenters. The van der Waals surface area contributed by atoms with E-state index in [-0.39, 0.29) is 17.2 Å². The highest BCUT2D eigenvalue weighted by Gasteiger charge is 2.20. The molecule has 0 amide bonds. The average molecular weight is 372 g/mol. The highest BCUT2D eigenvalue weighted by molar-refractivity contribution is 5.98. The van der Waals surface area contributed by atoms with Gasteiger partial charge in [-0.15, -0.1) is 0 Å². The van der Waals surface area contributed by atoms with E-state index in [1.807, 2.05) is 40.0 Å². The molecule has 27 heavy (non-hydrogen) atoms. The lowest BCUT2D eigenvalue weighted by Gasteiger charge is -2.23. The molecule has 5 heteroatoms. The summed E-state index contributed by atoms with van der Waals surface area (Å²) in [6.45, 7) is 12.7. The van der Waals surface area contributed by atoms with Crippen LogP contribution in [0.15, 0.2) is 24.3 Å². The molecule has 2 aromatic rings. The molecule has 0 aliphatic heterocycles. The Hall–Kier alpha value is -1.98. The van der Waals surface area contributed by atoms with Gasteiger partial charge in [0.15, 0.2) is 5.78 Å². The highest BCUT2D eigenvalue weighted by Crippen LogP contribution is 2.25. The smallest absolute Gasteiger partial charge is 0.167 e. The minimum atomic E-state index is -0.615. The van der Waals surface area contributed by atoms with Crippen LogP contribution in [0.2, 0.25) is 0 Å². The zero-order chi connectivity index (χ0) is 20.4. The molecular formula is C22H33N3O2. The van der Waals surface area contributed by atoms with E-state index in [0.717, 1.165) is 17.0 Å². The molecule has 0 bridgehead atoms. The molecule has 0 fully saturated rings. The second-order valence-corrected chi connectivity index (χ2v) is 8.40. The third kappa shape index (κ3) is 5.05. The van der Waals surface area contributed by atoms with Crippen molar-refractivity contribution in [2.24, 2.45) is 7.05 Å². The van der Waals surface area contributed by atoms with E-state index in [2.05, 4.69) is 43.3 Å². The standard InChI is InChI=1S/C22H33N3O2/c1-14-20(16(3)25(7)24-14)19(26)12-13-23-15(2)21(27)17-8-10-18(11-9-17)22(4,5)6/h8-11,15,21,23,27H,12-13H2,1-7H3. The fourth-order valence-corrected chi connectivity index (χ4v) is 3.30. The van der Waals surface area contributed by atoms with Crippen LogP contribution < -0.4 is 5.32 Å². The molecular weight excluding hydrogens is 338 g/mol. The average Bonchev–Trinajstić information content (AvgIpc) is 2.85. The Morgan fingerprint density at radius 2 is 1.81 bits per heavy atom. The maximum atomic E-state index is 12.5. The summed E-state index contributed by atoms with van der Waals surface area (Å²) in [5.74, 6) is 0.0850. The lowest BCUT2D eigenvalue weighted by atomic mass is 9.86. The van der Waals surface area contributed by atoms with Crippen molar-refractivity contribution in [3.05, 3.63) is 52.3 Å². The van der Waals surface area contributed by atoms with Crippen LogP contribution in [-0.2, 0) is 12.5 Å². The summed E-state index contributed by atoms with van der Waals surface area (Å²) in [5, 5.41) is 18.2. The van der Waals surface area contributed by atoms with Gasteiger partial charge in [0.2, 0.25) is 0 Å². The molecule has 5 nitrogen and oxygen atoms in total. The number of carbonyl (C=O) groups excluding carboxylic acids is 1. The second-order valence-electron chi connectivity index (χ2n) is 8.40. The molecule has 1 aromatic heterocycles. The predicted molar refractivity (Wildman–Crippen MR) is 109 cm³/mol. The quantitative estimate of drug-likeness (QED) is 0.730. The first kappa shape index (κ1) is 21.3. The summed E-state index contributed by atoms with van der Waals surface area (Å²) >= 11 is 0. The van der Waals surface area contributed by atoms with E-state index in [9.17, 15) is 9.90 Å². The number of nitrogens with one attached hydrogen (secondary N) is 1. The van der Waals surface area contributed by atoms with E-state index in [1.165, 1.54) is 5.56 Å². The zero-order valence-electron chi connectivity index (χ0n) is 17.6. The van der Waals surface area contributed by atoms with Gasteiger partial charge in [-0.25, -0.2) is 0 Å². The maximum Gasteiger partial charge on any atom is 0.167 e. The number of benzene rings is 1. The molecule has 1 aromatic carbocycles. The third-order valence-electron chi connectivity index (χ3n) is 5.20. The first-order valence-electron chi connectivity index (χ1n) is 9.57. The monoisotopic (exact) mass is 371 g/mol. The van der Waals surface area contributed by atoms with Crippen molar-refractivity contribution in [3.8, 4) is 0 Å². The molecule has 2 atom stereocenters. The van der Waals surface area contributed by atoms with Crippen LogP contribution in [0.3, 0.4) is 0 Å². The Balaban J connectivity index is 1.91. The Morgan fingerprint density at radius 3 is 2.30 bits per heavy atom. The maximum absolute atomic E-state index is 12.5. The topological polar surface area (TPSA) is 67.2 Å². The van der Waals surface area contributed by atoms with Gasteiger partial charge in [0.1, 0.15) is 0 Å². The van der Waals surface area contributed by atoms with Gasteiger partial charge in [0.05, 0.1) is 17.4 Å². The third-order valence-corrected chi connectivity index (χ3v) is 5.20. The van der Waals surface area contributed by atoms with Crippen LogP contribution in [0.25, 0.3) is 0 Å². The van der Waals surface area contributed by atoms with Crippen molar-refractivity contribution in [1.29, 1.82) is 0 Å². The molecule has 0 aliphatic rings. The van der Waals surface area contributed by atoms with Gasteiger partial charge in [-0.2, -0.15) is 5.10 Å². The Kier molecular flexibility index (Phi) is 6.60. The Bertz CT molecular complexity index is 785. The van der Waals surface area contributed by atoms with Crippen molar-refractivity contribution >= 4 is 5.78 Å². The molecule has 0 saturated carbocycles. The molecule has 2 rings (SSSR count). The van der Waals surface area contributed by atoms with Gasteiger partial charge in [-0.3, -0.25) is 9.48 Å².